The van der Waals surface area contributed by atoms with Crippen LogP contribution in [0.25, 0.3) is 0 Å². The fourth-order valence-electron chi connectivity index (χ4n) is 1.95. The molecule has 0 spiro atoms. The predicted molar refractivity (Wildman–Crippen MR) is 71.7 cm³/mol. The maximum absolute atomic E-state index is 11.8. The summed E-state index contributed by atoms with van der Waals surface area (Å²) >= 11 is 5.05. The predicted octanol–water partition coefficient (Wildman–Crippen LogP) is 3.14. The molecule has 1 N–H and O–H groups in total. The lowest BCUT2D eigenvalue weighted by Gasteiger charge is -2.01. The summed E-state index contributed by atoms with van der Waals surface area (Å²) in [5.74, 6) is 0.106. The fourth-order valence-corrected chi connectivity index (χ4v) is 3.52. The highest BCUT2D eigenvalue weighted by molar-refractivity contribution is 9.09. The summed E-state index contributed by atoms with van der Waals surface area (Å²) in [5, 5.41) is 3.98. The molecule has 0 radical (unpaired) electrons. The van der Waals surface area contributed by atoms with Crippen molar-refractivity contribution in [3.05, 3.63) is 21.4 Å². The van der Waals surface area contributed by atoms with Crippen LogP contribution in [0.15, 0.2) is 6.07 Å². The van der Waals surface area contributed by atoms with Crippen LogP contribution in [0, 0.1) is 0 Å². The summed E-state index contributed by atoms with van der Waals surface area (Å²) in [6.07, 6.45) is 5.73. The van der Waals surface area contributed by atoms with Gasteiger partial charge in [0.25, 0.3) is 5.91 Å². The lowest BCUT2D eigenvalue weighted by molar-refractivity contribution is 0.0957. The van der Waals surface area contributed by atoms with Crippen LogP contribution in [0.5, 0.6) is 0 Å². The van der Waals surface area contributed by atoms with Crippen LogP contribution in [0.2, 0.25) is 0 Å². The molecule has 0 unspecified atom stereocenters. The number of nitrogens with one attached hydrogen (secondary N) is 1. The summed E-state index contributed by atoms with van der Waals surface area (Å²) in [4.78, 5) is 14.1. The molecule has 1 aromatic heterocycles. The highest BCUT2D eigenvalue weighted by Gasteiger charge is 2.17. The normalized spacial score (nSPS) is 13.8. The molecule has 0 saturated heterocycles. The van der Waals surface area contributed by atoms with Gasteiger partial charge in [-0.05, 0) is 43.7 Å². The van der Waals surface area contributed by atoms with E-state index in [0.717, 1.165) is 42.4 Å². The highest BCUT2D eigenvalue weighted by atomic mass is 79.9. The number of carbonyl (C=O) groups is 1. The summed E-state index contributed by atoms with van der Waals surface area (Å²) < 4.78 is 0. The number of rotatable bonds is 5. The van der Waals surface area contributed by atoms with Crippen LogP contribution < -0.4 is 5.32 Å². The van der Waals surface area contributed by atoms with Crippen molar-refractivity contribution in [2.24, 2.45) is 0 Å². The van der Waals surface area contributed by atoms with Crippen LogP contribution in [0.4, 0.5) is 0 Å². The first-order chi connectivity index (χ1) is 7.81. The first-order valence-corrected chi connectivity index (χ1v) is 7.71. The molecule has 0 aliphatic heterocycles. The molecule has 0 aromatic carbocycles. The number of carbonyl (C=O) groups excluding carboxylic acids is 1. The fraction of sp³-hybridized carbons (Fsp3) is 0.583. The van der Waals surface area contributed by atoms with E-state index >= 15 is 0 Å². The summed E-state index contributed by atoms with van der Waals surface area (Å²) in [6, 6.07) is 2.08. The largest absolute Gasteiger partial charge is 0.351 e. The van der Waals surface area contributed by atoms with Gasteiger partial charge in [-0.2, -0.15) is 0 Å². The Morgan fingerprint density at radius 2 is 2.31 bits per heavy atom. The molecule has 4 heteroatoms. The monoisotopic (exact) mass is 301 g/mol. The topological polar surface area (TPSA) is 29.1 Å². The van der Waals surface area contributed by atoms with Crippen LogP contribution in [0.3, 0.4) is 0 Å². The molecule has 1 aliphatic carbocycles. The van der Waals surface area contributed by atoms with Gasteiger partial charge < -0.3 is 5.32 Å². The van der Waals surface area contributed by atoms with Gasteiger partial charge in [-0.3, -0.25) is 4.79 Å². The van der Waals surface area contributed by atoms with Gasteiger partial charge in [0.1, 0.15) is 0 Å². The lowest BCUT2D eigenvalue weighted by atomic mass is 10.2. The molecule has 16 heavy (non-hydrogen) atoms. The summed E-state index contributed by atoms with van der Waals surface area (Å²) in [5.41, 5.74) is 1.40. The molecule has 2 nitrogen and oxygen atoms in total. The number of hydrogen-bond donors (Lipinski definition) is 1. The average Bonchev–Trinajstić information content (AvgIpc) is 2.83. The van der Waals surface area contributed by atoms with E-state index in [0.29, 0.717) is 0 Å². The molecule has 0 fully saturated rings. The van der Waals surface area contributed by atoms with Crippen molar-refractivity contribution < 1.29 is 4.79 Å². The molecule has 1 aromatic rings. The zero-order chi connectivity index (χ0) is 11.4. The second-order valence-electron chi connectivity index (χ2n) is 4.06. The molecule has 1 aliphatic rings. The quantitative estimate of drug-likeness (QED) is 0.657. The molecule has 0 bridgehead atoms. The van der Waals surface area contributed by atoms with Crippen molar-refractivity contribution >= 4 is 33.2 Å². The van der Waals surface area contributed by atoms with Gasteiger partial charge in [0.2, 0.25) is 0 Å². The second-order valence-corrected chi connectivity index (χ2v) is 5.99. The van der Waals surface area contributed by atoms with E-state index in [4.69, 9.17) is 0 Å². The van der Waals surface area contributed by atoms with Gasteiger partial charge in [0.05, 0.1) is 4.88 Å². The summed E-state index contributed by atoms with van der Waals surface area (Å²) in [6.45, 7) is 0.785. The minimum absolute atomic E-state index is 0.106. The average molecular weight is 302 g/mol. The smallest absolute Gasteiger partial charge is 0.261 e. The van der Waals surface area contributed by atoms with E-state index in [9.17, 15) is 4.79 Å². The number of amides is 1. The third kappa shape index (κ3) is 2.86. The van der Waals surface area contributed by atoms with E-state index in [-0.39, 0.29) is 5.91 Å². The standard InChI is InChI=1S/C12H16BrNOS/c13-6-1-2-7-14-12(15)11-8-9-4-3-5-10(9)16-11/h8H,1-7H2,(H,14,15). The van der Waals surface area contributed by atoms with E-state index in [1.165, 1.54) is 16.9 Å². The van der Waals surface area contributed by atoms with Crippen LogP contribution >= 0.6 is 27.3 Å². The zero-order valence-corrected chi connectivity index (χ0v) is 11.6. The zero-order valence-electron chi connectivity index (χ0n) is 9.22. The number of aryl methyl sites for hydroxylation is 2. The van der Waals surface area contributed by atoms with Crippen molar-refractivity contribution in [1.29, 1.82) is 0 Å². The highest BCUT2D eigenvalue weighted by Crippen LogP contribution is 2.30. The van der Waals surface area contributed by atoms with Gasteiger partial charge in [-0.25, -0.2) is 0 Å². The van der Waals surface area contributed by atoms with E-state index in [2.05, 4.69) is 27.3 Å². The SMILES string of the molecule is O=C(NCCCCBr)c1cc2c(s1)CCC2. The Balaban J connectivity index is 1.84. The maximum atomic E-state index is 11.8. The first-order valence-electron chi connectivity index (χ1n) is 5.77. The third-order valence-electron chi connectivity index (χ3n) is 2.82. The van der Waals surface area contributed by atoms with E-state index < -0.39 is 0 Å². The molecule has 1 heterocycles. The van der Waals surface area contributed by atoms with Crippen molar-refractivity contribution in [2.45, 2.75) is 32.1 Å². The van der Waals surface area contributed by atoms with Crippen LogP contribution in [-0.2, 0) is 12.8 Å². The Labute approximate surface area is 109 Å². The molecule has 88 valence electrons. The minimum Gasteiger partial charge on any atom is -0.351 e. The maximum Gasteiger partial charge on any atom is 0.261 e. The van der Waals surface area contributed by atoms with E-state index in [1.807, 2.05) is 0 Å². The molecular weight excluding hydrogens is 286 g/mol. The van der Waals surface area contributed by atoms with Gasteiger partial charge in [-0.15, -0.1) is 11.3 Å². The molecule has 2 rings (SSSR count). The number of fused-ring (bicyclic) bond motifs is 1. The van der Waals surface area contributed by atoms with Crippen LogP contribution in [0.1, 0.15) is 39.4 Å². The number of thiophene rings is 1. The Morgan fingerprint density at radius 1 is 1.44 bits per heavy atom. The van der Waals surface area contributed by atoms with Gasteiger partial charge in [0, 0.05) is 16.8 Å². The van der Waals surface area contributed by atoms with Gasteiger partial charge in [0.15, 0.2) is 0 Å². The van der Waals surface area contributed by atoms with Crippen molar-refractivity contribution in [1.82, 2.24) is 5.32 Å². The molecule has 1 amide bonds. The first kappa shape index (κ1) is 12.1. The number of unbranched alkanes of at least 4 members (excludes halogenated alkanes) is 1. The Morgan fingerprint density at radius 3 is 3.06 bits per heavy atom. The Kier molecular flexibility index (Phi) is 4.41. The number of halogens is 1. The van der Waals surface area contributed by atoms with E-state index in [1.54, 1.807) is 11.3 Å². The number of hydrogen-bond acceptors (Lipinski definition) is 2. The van der Waals surface area contributed by atoms with Crippen molar-refractivity contribution in [3.63, 3.8) is 0 Å². The lowest BCUT2D eigenvalue weighted by Crippen LogP contribution is -2.23. The third-order valence-corrected chi connectivity index (χ3v) is 4.61. The second kappa shape index (κ2) is 5.82. The Hall–Kier alpha value is -0.350. The van der Waals surface area contributed by atoms with Crippen LogP contribution in [-0.4, -0.2) is 17.8 Å². The molecule has 0 saturated carbocycles. The van der Waals surface area contributed by atoms with Gasteiger partial charge in [-0.1, -0.05) is 15.9 Å². The summed E-state index contributed by atoms with van der Waals surface area (Å²) in [7, 11) is 0. The Bertz CT molecular complexity index is 354. The van der Waals surface area contributed by atoms with Crippen molar-refractivity contribution in [2.75, 3.05) is 11.9 Å². The van der Waals surface area contributed by atoms with Gasteiger partial charge >= 0.3 is 0 Å². The van der Waals surface area contributed by atoms with Crippen molar-refractivity contribution in [3.8, 4) is 0 Å². The number of alkyl halides is 1. The molecule has 0 atom stereocenters. The molecular formula is C12H16BrNOS. The minimum atomic E-state index is 0.106.